The highest BCUT2D eigenvalue weighted by Gasteiger charge is 2.19. The van der Waals surface area contributed by atoms with Gasteiger partial charge in [-0.05, 0) is 24.3 Å². The fourth-order valence-corrected chi connectivity index (χ4v) is 2.97. The molecule has 22 heavy (non-hydrogen) atoms. The molecule has 1 aliphatic heterocycles. The van der Waals surface area contributed by atoms with E-state index in [1.165, 1.54) is 0 Å². The van der Waals surface area contributed by atoms with Crippen molar-refractivity contribution in [3.05, 3.63) is 56.0 Å². The van der Waals surface area contributed by atoms with E-state index in [1.54, 1.807) is 30.3 Å². The number of esters is 1. The summed E-state index contributed by atoms with van der Waals surface area (Å²) < 4.78 is 16.6. The Labute approximate surface area is 145 Å². The average molecular weight is 404 g/mol. The van der Waals surface area contributed by atoms with Gasteiger partial charge in [0.2, 0.25) is 6.79 Å². The molecule has 7 heteroatoms. The normalized spacial score (nSPS) is 12.3. The third-order valence-electron chi connectivity index (χ3n) is 3.07. The molecule has 0 radical (unpaired) electrons. The molecule has 1 heterocycles. The van der Waals surface area contributed by atoms with E-state index in [1.807, 2.05) is 0 Å². The van der Waals surface area contributed by atoms with Crippen LogP contribution in [0.15, 0.2) is 34.8 Å². The Bertz CT molecular complexity index is 728. The van der Waals surface area contributed by atoms with E-state index in [0.29, 0.717) is 11.5 Å². The number of carbonyl (C=O) groups is 1. The Kier molecular flexibility index (Phi) is 4.47. The number of benzene rings is 2. The van der Waals surface area contributed by atoms with Crippen molar-refractivity contribution in [1.82, 2.24) is 0 Å². The van der Waals surface area contributed by atoms with Gasteiger partial charge in [-0.2, -0.15) is 0 Å². The minimum absolute atomic E-state index is 0.0532. The van der Waals surface area contributed by atoms with Crippen molar-refractivity contribution in [3.63, 3.8) is 0 Å². The fourth-order valence-electron chi connectivity index (χ4n) is 1.98. The number of rotatable bonds is 3. The van der Waals surface area contributed by atoms with Gasteiger partial charge >= 0.3 is 5.97 Å². The Morgan fingerprint density at radius 3 is 2.50 bits per heavy atom. The van der Waals surface area contributed by atoms with Crippen LogP contribution in [0.1, 0.15) is 15.9 Å². The molecular formula is C15H9BrCl2O4. The molecule has 114 valence electrons. The lowest BCUT2D eigenvalue weighted by molar-refractivity contribution is 0.0472. The molecule has 3 rings (SSSR count). The van der Waals surface area contributed by atoms with Gasteiger partial charge in [-0.25, -0.2) is 4.79 Å². The Hall–Kier alpha value is -1.43. The summed E-state index contributed by atoms with van der Waals surface area (Å²) in [6.45, 7) is 0.234. The molecule has 0 saturated carbocycles. The molecule has 0 atom stereocenters. The van der Waals surface area contributed by atoms with Crippen LogP contribution in [-0.2, 0) is 11.3 Å². The monoisotopic (exact) mass is 402 g/mol. The number of fused-ring (bicyclic) bond motifs is 1. The summed E-state index contributed by atoms with van der Waals surface area (Å²) in [4.78, 5) is 12.1. The summed E-state index contributed by atoms with van der Waals surface area (Å²) in [7, 11) is 0. The van der Waals surface area contributed by atoms with Crippen LogP contribution in [0.25, 0.3) is 0 Å². The maximum absolute atomic E-state index is 12.1. The first-order valence-corrected chi connectivity index (χ1v) is 7.80. The minimum atomic E-state index is -0.583. The highest BCUT2D eigenvalue weighted by molar-refractivity contribution is 9.10. The van der Waals surface area contributed by atoms with Gasteiger partial charge in [0.25, 0.3) is 0 Å². The van der Waals surface area contributed by atoms with Crippen molar-refractivity contribution >= 4 is 45.1 Å². The molecule has 0 bridgehead atoms. The molecule has 0 spiro atoms. The number of hydrogen-bond donors (Lipinski definition) is 0. The van der Waals surface area contributed by atoms with Crippen LogP contribution in [-0.4, -0.2) is 12.8 Å². The maximum atomic E-state index is 12.1. The first-order valence-electron chi connectivity index (χ1n) is 6.25. The van der Waals surface area contributed by atoms with E-state index in [0.717, 1.165) is 10.0 Å². The van der Waals surface area contributed by atoms with Gasteiger partial charge in [0.15, 0.2) is 11.5 Å². The molecule has 2 aromatic rings. The van der Waals surface area contributed by atoms with Crippen molar-refractivity contribution in [1.29, 1.82) is 0 Å². The maximum Gasteiger partial charge on any atom is 0.341 e. The highest BCUT2D eigenvalue weighted by atomic mass is 79.9. The van der Waals surface area contributed by atoms with E-state index in [4.69, 9.17) is 37.4 Å². The van der Waals surface area contributed by atoms with Crippen LogP contribution in [0.2, 0.25) is 10.0 Å². The van der Waals surface area contributed by atoms with Crippen LogP contribution in [0.3, 0.4) is 0 Å². The second kappa shape index (κ2) is 6.36. The zero-order valence-corrected chi connectivity index (χ0v) is 14.2. The van der Waals surface area contributed by atoms with E-state index in [2.05, 4.69) is 15.9 Å². The highest BCUT2D eigenvalue weighted by Crippen LogP contribution is 2.37. The SMILES string of the molecule is O=C(OCc1cc2c(cc1Br)OCO2)c1c(Cl)cccc1Cl. The lowest BCUT2D eigenvalue weighted by Gasteiger charge is -2.10. The summed E-state index contributed by atoms with van der Waals surface area (Å²) >= 11 is 15.4. The van der Waals surface area contributed by atoms with Crippen molar-refractivity contribution in [2.45, 2.75) is 6.61 Å². The Morgan fingerprint density at radius 2 is 1.82 bits per heavy atom. The zero-order chi connectivity index (χ0) is 15.7. The van der Waals surface area contributed by atoms with Gasteiger partial charge in [-0.1, -0.05) is 45.2 Å². The lowest BCUT2D eigenvalue weighted by atomic mass is 10.2. The third kappa shape index (κ3) is 3.02. The van der Waals surface area contributed by atoms with Crippen molar-refractivity contribution in [3.8, 4) is 11.5 Å². The standard InChI is InChI=1S/C15H9BrCl2O4/c16-9-5-13-12(21-7-22-13)4-8(9)6-20-15(19)14-10(17)2-1-3-11(14)18/h1-5H,6-7H2. The summed E-state index contributed by atoms with van der Waals surface area (Å²) in [6.07, 6.45) is 0. The van der Waals surface area contributed by atoms with Gasteiger partial charge in [0, 0.05) is 10.0 Å². The third-order valence-corrected chi connectivity index (χ3v) is 4.44. The number of ether oxygens (including phenoxy) is 3. The summed E-state index contributed by atoms with van der Waals surface area (Å²) in [5, 5.41) is 0.504. The topological polar surface area (TPSA) is 44.8 Å². The van der Waals surface area contributed by atoms with E-state index < -0.39 is 5.97 Å². The molecule has 0 aliphatic carbocycles. The molecule has 2 aromatic carbocycles. The van der Waals surface area contributed by atoms with E-state index >= 15 is 0 Å². The van der Waals surface area contributed by atoms with E-state index in [9.17, 15) is 4.79 Å². The molecular weight excluding hydrogens is 395 g/mol. The fraction of sp³-hybridized carbons (Fsp3) is 0.133. The molecule has 0 aromatic heterocycles. The number of halogens is 3. The second-order valence-corrected chi connectivity index (χ2v) is 6.14. The first-order chi connectivity index (χ1) is 10.6. The molecule has 1 aliphatic rings. The van der Waals surface area contributed by atoms with Crippen molar-refractivity contribution in [2.75, 3.05) is 6.79 Å². The van der Waals surface area contributed by atoms with Crippen molar-refractivity contribution < 1.29 is 19.0 Å². The second-order valence-electron chi connectivity index (χ2n) is 4.47. The van der Waals surface area contributed by atoms with Gasteiger partial charge in [0.1, 0.15) is 6.61 Å². The number of carbonyl (C=O) groups excluding carboxylic acids is 1. The lowest BCUT2D eigenvalue weighted by Crippen LogP contribution is -2.07. The molecule has 4 nitrogen and oxygen atoms in total. The molecule has 0 amide bonds. The largest absolute Gasteiger partial charge is 0.457 e. The molecule has 0 fully saturated rings. The first kappa shape index (κ1) is 15.5. The summed E-state index contributed by atoms with van der Waals surface area (Å²) in [5.41, 5.74) is 0.906. The Balaban J connectivity index is 1.77. The van der Waals surface area contributed by atoms with Gasteiger partial charge in [-0.15, -0.1) is 0 Å². The number of hydrogen-bond acceptors (Lipinski definition) is 4. The minimum Gasteiger partial charge on any atom is -0.457 e. The van der Waals surface area contributed by atoms with Crippen molar-refractivity contribution in [2.24, 2.45) is 0 Å². The van der Waals surface area contributed by atoms with Crippen LogP contribution in [0.5, 0.6) is 11.5 Å². The van der Waals surface area contributed by atoms with Crippen LogP contribution < -0.4 is 9.47 Å². The summed E-state index contributed by atoms with van der Waals surface area (Å²) in [6, 6.07) is 8.36. The van der Waals surface area contributed by atoms with Crippen LogP contribution in [0.4, 0.5) is 0 Å². The average Bonchev–Trinajstić information content (AvgIpc) is 2.91. The van der Waals surface area contributed by atoms with Gasteiger partial charge < -0.3 is 14.2 Å². The van der Waals surface area contributed by atoms with Crippen LogP contribution >= 0.6 is 39.1 Å². The van der Waals surface area contributed by atoms with Gasteiger partial charge in [0.05, 0.1) is 15.6 Å². The molecule has 0 unspecified atom stereocenters. The van der Waals surface area contributed by atoms with Crippen LogP contribution in [0, 0.1) is 0 Å². The molecule has 0 N–H and O–H groups in total. The van der Waals surface area contributed by atoms with E-state index in [-0.39, 0.29) is 29.0 Å². The smallest absolute Gasteiger partial charge is 0.341 e. The zero-order valence-electron chi connectivity index (χ0n) is 11.1. The summed E-state index contributed by atoms with van der Waals surface area (Å²) in [5.74, 6) is 0.682. The molecule has 0 saturated heterocycles. The predicted octanol–water partition coefficient (Wildman–Crippen LogP) is 4.84. The predicted molar refractivity (Wildman–Crippen MR) is 85.8 cm³/mol. The van der Waals surface area contributed by atoms with Gasteiger partial charge in [-0.3, -0.25) is 0 Å². The Morgan fingerprint density at radius 1 is 1.18 bits per heavy atom. The quantitative estimate of drug-likeness (QED) is 0.687.